The molecule has 0 radical (unpaired) electrons. The van der Waals surface area contributed by atoms with Gasteiger partial charge in [-0.2, -0.15) is 0 Å². The Morgan fingerprint density at radius 3 is 2.79 bits per heavy atom. The summed E-state index contributed by atoms with van der Waals surface area (Å²) in [6, 6.07) is 4.71. The molecule has 0 unspecified atom stereocenters. The zero-order valence-electron chi connectivity index (χ0n) is 10.0. The van der Waals surface area contributed by atoms with Gasteiger partial charge in [-0.15, -0.1) is 0 Å². The van der Waals surface area contributed by atoms with Crippen LogP contribution in [0, 0.1) is 0 Å². The van der Waals surface area contributed by atoms with Crippen LogP contribution in [-0.4, -0.2) is 25.0 Å². The van der Waals surface area contributed by atoms with Gasteiger partial charge in [-0.25, -0.2) is 4.79 Å². The van der Waals surface area contributed by atoms with E-state index in [0.717, 1.165) is 0 Å². The first-order chi connectivity index (χ1) is 9.04. The number of benzene rings is 1. The second kappa shape index (κ2) is 5.63. The van der Waals surface area contributed by atoms with Crippen LogP contribution in [0.3, 0.4) is 0 Å². The highest BCUT2D eigenvalue weighted by molar-refractivity contribution is 6.36. The van der Waals surface area contributed by atoms with Gasteiger partial charge in [-0.3, -0.25) is 4.79 Å². The largest absolute Gasteiger partial charge is 0.484 e. The second-order valence-electron chi connectivity index (χ2n) is 3.76. The van der Waals surface area contributed by atoms with E-state index in [-0.39, 0.29) is 24.5 Å². The van der Waals surface area contributed by atoms with Gasteiger partial charge in [0.05, 0.1) is 11.6 Å². The van der Waals surface area contributed by atoms with E-state index in [1.807, 2.05) is 0 Å². The monoisotopic (exact) mass is 300 g/mol. The Labute approximate surface area is 119 Å². The van der Waals surface area contributed by atoms with Crippen LogP contribution in [0.4, 0.5) is 0 Å². The topological polar surface area (TPSA) is 52.6 Å². The van der Waals surface area contributed by atoms with Crippen LogP contribution in [0.2, 0.25) is 10.0 Å². The van der Waals surface area contributed by atoms with E-state index in [9.17, 15) is 9.59 Å². The third kappa shape index (κ3) is 2.74. The van der Waals surface area contributed by atoms with Crippen molar-refractivity contribution in [2.24, 2.45) is 0 Å². The third-order valence-corrected chi connectivity index (χ3v) is 3.06. The second-order valence-corrected chi connectivity index (χ2v) is 4.60. The van der Waals surface area contributed by atoms with Gasteiger partial charge >= 0.3 is 5.97 Å². The van der Waals surface area contributed by atoms with Crippen LogP contribution in [0.1, 0.15) is 12.5 Å². The number of carbonyl (C=O) groups is 2. The number of esters is 1. The maximum atomic E-state index is 11.8. The summed E-state index contributed by atoms with van der Waals surface area (Å²) in [6.07, 6.45) is 0. The van der Waals surface area contributed by atoms with E-state index in [0.29, 0.717) is 15.6 Å². The molecule has 0 saturated heterocycles. The number of ketones is 1. The zero-order valence-corrected chi connectivity index (χ0v) is 11.5. The molecule has 0 aliphatic carbocycles. The Kier molecular flexibility index (Phi) is 4.12. The molecule has 0 atom stereocenters. The van der Waals surface area contributed by atoms with Crippen molar-refractivity contribution < 1.29 is 19.1 Å². The Morgan fingerprint density at radius 1 is 1.42 bits per heavy atom. The van der Waals surface area contributed by atoms with E-state index >= 15 is 0 Å². The average Bonchev–Trinajstić information content (AvgIpc) is 2.71. The van der Waals surface area contributed by atoms with Crippen molar-refractivity contribution in [3.8, 4) is 0 Å². The number of rotatable bonds is 3. The molecule has 6 heteroatoms. The van der Waals surface area contributed by atoms with E-state index < -0.39 is 11.8 Å². The van der Waals surface area contributed by atoms with Gasteiger partial charge in [0.15, 0.2) is 6.61 Å². The summed E-state index contributed by atoms with van der Waals surface area (Å²) in [6.45, 7) is 1.65. The number of Topliss-reactive ketones (excluding diaryl/α,β-unsaturated/α-hetero) is 1. The van der Waals surface area contributed by atoms with Crippen LogP contribution in [0.25, 0.3) is 5.76 Å². The minimum Gasteiger partial charge on any atom is -0.484 e. The molecule has 19 heavy (non-hydrogen) atoms. The standard InChI is InChI=1S/C13H10Cl2O4/c1-2-18-13(17)11-10(16)6-19-12(11)8-4-3-7(14)5-9(8)15/h3-5H,2,6H2,1H3. The molecule has 0 aromatic heterocycles. The van der Waals surface area contributed by atoms with Crippen molar-refractivity contribution in [2.45, 2.75) is 6.92 Å². The summed E-state index contributed by atoms with van der Waals surface area (Å²) >= 11 is 11.8. The zero-order chi connectivity index (χ0) is 14.0. The molecule has 1 aromatic carbocycles. The highest BCUT2D eigenvalue weighted by Crippen LogP contribution is 2.33. The Hall–Kier alpha value is -1.52. The van der Waals surface area contributed by atoms with Crippen LogP contribution in [0.15, 0.2) is 23.8 Å². The molecule has 0 fully saturated rings. The summed E-state index contributed by atoms with van der Waals surface area (Å²) in [5.74, 6) is -0.976. The molecule has 0 bridgehead atoms. The van der Waals surface area contributed by atoms with Gasteiger partial charge < -0.3 is 9.47 Å². The van der Waals surface area contributed by atoms with Gasteiger partial charge in [0.25, 0.3) is 0 Å². The molecule has 100 valence electrons. The molecule has 0 N–H and O–H groups in total. The van der Waals surface area contributed by atoms with Crippen molar-refractivity contribution in [2.75, 3.05) is 13.2 Å². The molecule has 1 heterocycles. The van der Waals surface area contributed by atoms with Crippen LogP contribution in [-0.2, 0) is 19.1 Å². The van der Waals surface area contributed by atoms with E-state index in [4.69, 9.17) is 32.7 Å². The minimum absolute atomic E-state index is 0.105. The van der Waals surface area contributed by atoms with Crippen LogP contribution in [0.5, 0.6) is 0 Å². The molecule has 0 amide bonds. The lowest BCUT2D eigenvalue weighted by Crippen LogP contribution is -2.14. The average molecular weight is 301 g/mol. The fourth-order valence-corrected chi connectivity index (χ4v) is 2.20. The number of ether oxygens (including phenoxy) is 2. The lowest BCUT2D eigenvalue weighted by Gasteiger charge is -2.07. The number of hydrogen-bond acceptors (Lipinski definition) is 4. The number of carbonyl (C=O) groups excluding carboxylic acids is 2. The Balaban J connectivity index is 2.50. The van der Waals surface area contributed by atoms with Gasteiger partial charge in [0, 0.05) is 10.6 Å². The molecular formula is C13H10Cl2O4. The quantitative estimate of drug-likeness (QED) is 0.636. The minimum atomic E-state index is -0.703. The smallest absolute Gasteiger partial charge is 0.345 e. The molecular weight excluding hydrogens is 291 g/mol. The summed E-state index contributed by atoms with van der Waals surface area (Å²) < 4.78 is 10.1. The number of halogens is 2. The van der Waals surface area contributed by atoms with E-state index in [2.05, 4.69) is 0 Å². The maximum Gasteiger partial charge on any atom is 0.345 e. The predicted molar refractivity (Wildman–Crippen MR) is 71.0 cm³/mol. The van der Waals surface area contributed by atoms with Gasteiger partial charge in [-0.05, 0) is 25.1 Å². The Bertz CT molecular complexity index is 578. The van der Waals surface area contributed by atoms with Crippen molar-refractivity contribution in [3.63, 3.8) is 0 Å². The Morgan fingerprint density at radius 2 is 2.16 bits per heavy atom. The van der Waals surface area contributed by atoms with Crippen molar-refractivity contribution in [3.05, 3.63) is 39.4 Å². The molecule has 4 nitrogen and oxygen atoms in total. The first-order valence-electron chi connectivity index (χ1n) is 5.57. The first-order valence-corrected chi connectivity index (χ1v) is 6.33. The first kappa shape index (κ1) is 13.9. The van der Waals surface area contributed by atoms with Crippen LogP contribution < -0.4 is 0 Å². The summed E-state index contributed by atoms with van der Waals surface area (Å²) in [5.41, 5.74) is 0.339. The van der Waals surface area contributed by atoms with E-state index in [1.165, 1.54) is 6.07 Å². The van der Waals surface area contributed by atoms with Crippen LogP contribution >= 0.6 is 23.2 Å². The highest BCUT2D eigenvalue weighted by atomic mass is 35.5. The summed E-state index contributed by atoms with van der Waals surface area (Å²) in [7, 11) is 0. The van der Waals surface area contributed by atoms with Gasteiger partial charge in [-0.1, -0.05) is 23.2 Å². The molecule has 2 rings (SSSR count). The normalized spacial score (nSPS) is 14.6. The fourth-order valence-electron chi connectivity index (χ4n) is 1.70. The van der Waals surface area contributed by atoms with Crippen molar-refractivity contribution >= 4 is 40.7 Å². The number of hydrogen-bond donors (Lipinski definition) is 0. The summed E-state index contributed by atoms with van der Waals surface area (Å²) in [4.78, 5) is 23.5. The lowest BCUT2D eigenvalue weighted by molar-refractivity contribution is -0.139. The van der Waals surface area contributed by atoms with Crippen molar-refractivity contribution in [1.29, 1.82) is 0 Å². The van der Waals surface area contributed by atoms with E-state index in [1.54, 1.807) is 19.1 Å². The predicted octanol–water partition coefficient (Wildman–Crippen LogP) is 2.87. The highest BCUT2D eigenvalue weighted by Gasteiger charge is 2.33. The fraction of sp³-hybridized carbons (Fsp3) is 0.231. The summed E-state index contributed by atoms with van der Waals surface area (Å²) in [5, 5.41) is 0.760. The van der Waals surface area contributed by atoms with Gasteiger partial charge in [0.1, 0.15) is 11.3 Å². The van der Waals surface area contributed by atoms with Crippen molar-refractivity contribution in [1.82, 2.24) is 0 Å². The maximum absolute atomic E-state index is 11.8. The molecule has 0 saturated carbocycles. The van der Waals surface area contributed by atoms with Gasteiger partial charge in [0.2, 0.25) is 5.78 Å². The molecule has 1 aliphatic heterocycles. The molecule has 1 aromatic rings. The lowest BCUT2D eigenvalue weighted by atomic mass is 10.1. The molecule has 1 aliphatic rings. The molecule has 0 spiro atoms. The third-order valence-electron chi connectivity index (χ3n) is 2.51. The SMILES string of the molecule is CCOC(=O)C1=C(c2ccc(Cl)cc2Cl)OCC1=O.